The molecule has 11 heteroatoms. The van der Waals surface area contributed by atoms with E-state index in [1.54, 1.807) is 10.6 Å². The van der Waals surface area contributed by atoms with Crippen molar-refractivity contribution in [3.05, 3.63) is 53.7 Å². The zero-order valence-electron chi connectivity index (χ0n) is 23.3. The molecule has 3 aromatic rings. The average molecular weight is 551 g/mol. The van der Waals surface area contributed by atoms with Crippen LogP contribution in [-0.2, 0) is 16.1 Å². The molecule has 0 radical (unpaired) electrons. The molecule has 2 aromatic heterocycles. The number of carbonyl (C=O) groups is 1. The molecule has 1 aromatic carbocycles. The van der Waals surface area contributed by atoms with Crippen molar-refractivity contribution in [3.63, 3.8) is 0 Å². The first-order valence-electron chi connectivity index (χ1n) is 14.2. The summed E-state index contributed by atoms with van der Waals surface area (Å²) in [7, 11) is 0. The van der Waals surface area contributed by atoms with Crippen LogP contribution in [0.2, 0.25) is 0 Å². The number of carbonyl (C=O) groups excluding carboxylic acids is 1. The van der Waals surface area contributed by atoms with Gasteiger partial charge in [0.05, 0.1) is 6.20 Å². The molecule has 214 valence electrons. The number of piperidine rings is 1. The van der Waals surface area contributed by atoms with Crippen LogP contribution >= 0.6 is 0 Å². The van der Waals surface area contributed by atoms with E-state index in [4.69, 9.17) is 14.7 Å². The summed E-state index contributed by atoms with van der Waals surface area (Å²) in [5.41, 5.74) is 3.52. The van der Waals surface area contributed by atoms with Gasteiger partial charge in [0.25, 0.3) is 0 Å². The Morgan fingerprint density at radius 2 is 2.08 bits per heavy atom. The maximum atomic E-state index is 13.6. The summed E-state index contributed by atoms with van der Waals surface area (Å²) in [6.45, 7) is 8.07. The van der Waals surface area contributed by atoms with Crippen molar-refractivity contribution < 1.29 is 13.9 Å². The molecule has 5 rings (SSSR count). The van der Waals surface area contributed by atoms with Crippen LogP contribution in [0.25, 0.3) is 5.65 Å². The molecule has 2 saturated heterocycles. The summed E-state index contributed by atoms with van der Waals surface area (Å²) in [6.07, 6.45) is 7.70. The van der Waals surface area contributed by atoms with Gasteiger partial charge in [-0.25, -0.2) is 4.39 Å². The first-order chi connectivity index (χ1) is 19.4. The number of amides is 1. The van der Waals surface area contributed by atoms with Gasteiger partial charge in [-0.1, -0.05) is 32.1 Å². The number of nitrogens with zero attached hydrogens (tertiary/aromatic N) is 5. The fourth-order valence-corrected chi connectivity index (χ4v) is 5.10. The molecule has 0 saturated carbocycles. The zero-order valence-corrected chi connectivity index (χ0v) is 23.3. The second kappa shape index (κ2) is 13.2. The van der Waals surface area contributed by atoms with Gasteiger partial charge in [-0.2, -0.15) is 19.6 Å². The molecule has 10 nitrogen and oxygen atoms in total. The van der Waals surface area contributed by atoms with Crippen molar-refractivity contribution in [1.82, 2.24) is 24.5 Å². The quantitative estimate of drug-likeness (QED) is 0.319. The number of rotatable bonds is 10. The molecule has 3 N–H and O–H groups in total. The average Bonchev–Trinajstić information content (AvgIpc) is 3.37. The number of hydrogen-bond acceptors (Lipinski definition) is 8. The van der Waals surface area contributed by atoms with Gasteiger partial charge in [0.15, 0.2) is 5.65 Å². The van der Waals surface area contributed by atoms with Crippen molar-refractivity contribution in [1.29, 1.82) is 0 Å². The number of fused-ring (bicyclic) bond motifs is 1. The van der Waals surface area contributed by atoms with E-state index in [9.17, 15) is 9.18 Å². The molecule has 0 bridgehead atoms. The van der Waals surface area contributed by atoms with Gasteiger partial charge in [-0.3, -0.25) is 9.69 Å². The molecule has 0 aliphatic carbocycles. The number of alkyl halides is 1. The summed E-state index contributed by atoms with van der Waals surface area (Å²) in [5, 5.41) is 14.4. The summed E-state index contributed by atoms with van der Waals surface area (Å²) in [5.74, 6) is 1.23. The first-order valence-corrected chi connectivity index (χ1v) is 14.2. The Kier molecular flexibility index (Phi) is 9.22. The van der Waals surface area contributed by atoms with Crippen molar-refractivity contribution in [3.8, 4) is 0 Å². The largest absolute Gasteiger partial charge is 0.381 e. The minimum Gasteiger partial charge on any atom is -0.381 e. The highest BCUT2D eigenvalue weighted by Gasteiger charge is 2.19. The smallest absolute Gasteiger partial charge is 0.248 e. The lowest BCUT2D eigenvalue weighted by Crippen LogP contribution is -2.36. The summed E-state index contributed by atoms with van der Waals surface area (Å²) in [4.78, 5) is 24.0. The third-order valence-corrected chi connectivity index (χ3v) is 7.30. The standard InChI is InChI=1S/C29H39FN8O2/c1-20(2)25-18-32-38-27(25)35-28(34-23-10-14-40-15-11-23)36-29(38)31-17-21-6-3-8-24(16-21)33-26(39)9-5-13-37-12-4-7-22(30)19-37/h3,5-6,8-9,16,18,20,22-23H,4,7,10-15,17,19H2,1-2H3,(H,33,39)(H2,31,34,35,36)/b9-5+. The Bertz CT molecular complexity index is 1320. The highest BCUT2D eigenvalue weighted by Crippen LogP contribution is 2.23. The Hall–Kier alpha value is -3.57. The molecule has 40 heavy (non-hydrogen) atoms. The second-order valence-electron chi connectivity index (χ2n) is 10.8. The van der Waals surface area contributed by atoms with Gasteiger partial charge >= 0.3 is 0 Å². The van der Waals surface area contributed by atoms with E-state index in [1.165, 1.54) is 6.08 Å². The normalized spacial score (nSPS) is 18.9. The third kappa shape index (κ3) is 7.33. The molecule has 2 fully saturated rings. The molecular formula is C29H39FN8O2. The Morgan fingerprint density at radius 1 is 1.23 bits per heavy atom. The van der Waals surface area contributed by atoms with Crippen LogP contribution < -0.4 is 16.0 Å². The number of ether oxygens (including phenoxy) is 1. The number of halogens is 1. The van der Waals surface area contributed by atoms with Gasteiger partial charge in [0, 0.05) is 56.2 Å². The molecule has 2 aliphatic rings. The van der Waals surface area contributed by atoms with E-state index >= 15 is 0 Å². The van der Waals surface area contributed by atoms with Crippen LogP contribution in [0, 0.1) is 0 Å². The maximum absolute atomic E-state index is 13.6. The van der Waals surface area contributed by atoms with Crippen LogP contribution in [0.5, 0.6) is 0 Å². The Balaban J connectivity index is 1.23. The van der Waals surface area contributed by atoms with Crippen molar-refractivity contribution in [2.24, 2.45) is 0 Å². The molecule has 2 aliphatic heterocycles. The van der Waals surface area contributed by atoms with Crippen LogP contribution in [-0.4, -0.2) is 75.5 Å². The van der Waals surface area contributed by atoms with E-state index in [0.717, 1.165) is 55.8 Å². The van der Waals surface area contributed by atoms with Crippen LogP contribution in [0.4, 0.5) is 22.0 Å². The summed E-state index contributed by atoms with van der Waals surface area (Å²) in [6, 6.07) is 7.95. The van der Waals surface area contributed by atoms with Crippen molar-refractivity contribution >= 4 is 29.1 Å². The topological polar surface area (TPSA) is 109 Å². The second-order valence-corrected chi connectivity index (χ2v) is 10.8. The van der Waals surface area contributed by atoms with Crippen molar-refractivity contribution in [2.75, 3.05) is 48.8 Å². The van der Waals surface area contributed by atoms with E-state index in [0.29, 0.717) is 43.6 Å². The van der Waals surface area contributed by atoms with Gasteiger partial charge in [0.2, 0.25) is 17.8 Å². The van der Waals surface area contributed by atoms with Crippen LogP contribution in [0.3, 0.4) is 0 Å². The molecule has 1 amide bonds. The van der Waals surface area contributed by atoms with E-state index < -0.39 is 6.17 Å². The fourth-order valence-electron chi connectivity index (χ4n) is 5.10. The number of nitrogens with one attached hydrogen (secondary N) is 3. The number of hydrogen-bond donors (Lipinski definition) is 3. The minimum atomic E-state index is -0.772. The Morgan fingerprint density at radius 3 is 2.88 bits per heavy atom. The van der Waals surface area contributed by atoms with E-state index in [2.05, 4.69) is 34.9 Å². The Labute approximate surface area is 234 Å². The number of aromatic nitrogens is 4. The van der Waals surface area contributed by atoms with Crippen molar-refractivity contribution in [2.45, 2.75) is 64.2 Å². The van der Waals surface area contributed by atoms with Crippen LogP contribution in [0.15, 0.2) is 42.6 Å². The van der Waals surface area contributed by atoms with Gasteiger partial charge < -0.3 is 20.7 Å². The molecular weight excluding hydrogens is 511 g/mol. The molecule has 1 atom stereocenters. The van der Waals surface area contributed by atoms with Gasteiger partial charge in [-0.15, -0.1) is 0 Å². The number of likely N-dealkylation sites (tertiary alicyclic amines) is 1. The minimum absolute atomic E-state index is 0.210. The lowest BCUT2D eigenvalue weighted by atomic mass is 10.1. The molecule has 0 spiro atoms. The SMILES string of the molecule is CC(C)c1cnn2c(NCc3cccc(NC(=O)/C=C/CN4CCCC(F)C4)c3)nc(NC3CCOCC3)nc12. The van der Waals surface area contributed by atoms with Crippen LogP contribution in [0.1, 0.15) is 56.6 Å². The molecule has 1 unspecified atom stereocenters. The predicted molar refractivity (Wildman–Crippen MR) is 154 cm³/mol. The predicted octanol–water partition coefficient (Wildman–Crippen LogP) is 4.38. The zero-order chi connectivity index (χ0) is 27.9. The highest BCUT2D eigenvalue weighted by atomic mass is 19.1. The monoisotopic (exact) mass is 550 g/mol. The number of benzene rings is 1. The molecule has 4 heterocycles. The number of anilines is 3. The van der Waals surface area contributed by atoms with E-state index in [1.807, 2.05) is 35.4 Å². The lowest BCUT2D eigenvalue weighted by molar-refractivity contribution is -0.111. The summed E-state index contributed by atoms with van der Waals surface area (Å²) >= 11 is 0. The first kappa shape index (κ1) is 28.0. The lowest BCUT2D eigenvalue weighted by Gasteiger charge is -2.27. The maximum Gasteiger partial charge on any atom is 0.248 e. The summed E-state index contributed by atoms with van der Waals surface area (Å²) < 4.78 is 20.8. The fraction of sp³-hybridized carbons (Fsp3) is 0.517. The van der Waals surface area contributed by atoms with Gasteiger partial charge in [0.1, 0.15) is 6.17 Å². The highest BCUT2D eigenvalue weighted by molar-refractivity contribution is 5.99. The third-order valence-electron chi connectivity index (χ3n) is 7.30. The van der Waals surface area contributed by atoms with E-state index in [-0.39, 0.29) is 17.9 Å². The van der Waals surface area contributed by atoms with Gasteiger partial charge in [-0.05, 0) is 55.8 Å².